The number of benzene rings is 1. The van der Waals surface area contributed by atoms with Crippen LogP contribution < -0.4 is 15.0 Å². The highest BCUT2D eigenvalue weighted by molar-refractivity contribution is 5.88. The topological polar surface area (TPSA) is 76.6 Å². The number of carbonyl (C=O) groups is 1. The van der Waals surface area contributed by atoms with Gasteiger partial charge in [0, 0.05) is 25.2 Å². The minimum absolute atomic E-state index is 0.0575. The monoisotopic (exact) mass is 450 g/mol. The Hall–Kier alpha value is -3.68. The van der Waals surface area contributed by atoms with Gasteiger partial charge < -0.3 is 14.8 Å². The van der Waals surface area contributed by atoms with Crippen LogP contribution in [0.3, 0.4) is 0 Å². The molecule has 8 heteroatoms. The summed E-state index contributed by atoms with van der Waals surface area (Å²) in [5, 5.41) is 3.00. The van der Waals surface area contributed by atoms with E-state index >= 15 is 4.39 Å². The van der Waals surface area contributed by atoms with Crippen molar-refractivity contribution < 1.29 is 18.7 Å². The summed E-state index contributed by atoms with van der Waals surface area (Å²) in [7, 11) is 1.62. The summed E-state index contributed by atoms with van der Waals surface area (Å²) >= 11 is 0. The van der Waals surface area contributed by atoms with Crippen molar-refractivity contribution in [1.82, 2.24) is 9.97 Å². The number of halogens is 1. The molecule has 0 aliphatic carbocycles. The van der Waals surface area contributed by atoms with Crippen molar-refractivity contribution in [2.75, 3.05) is 23.9 Å². The molecule has 0 saturated carbocycles. The number of amides is 1. The molecular formula is C25H27FN4O3. The summed E-state index contributed by atoms with van der Waals surface area (Å²) in [5.41, 5.74) is 2.37. The molecule has 4 rings (SSSR count). The summed E-state index contributed by atoms with van der Waals surface area (Å²) in [6.45, 7) is 7.67. The fourth-order valence-corrected chi connectivity index (χ4v) is 3.58. The molecule has 1 aromatic carbocycles. The molecule has 3 aromatic rings. The van der Waals surface area contributed by atoms with E-state index in [0.29, 0.717) is 52.8 Å². The summed E-state index contributed by atoms with van der Waals surface area (Å²) in [4.78, 5) is 22.8. The number of aryl methyl sites for hydroxylation is 1. The van der Waals surface area contributed by atoms with Gasteiger partial charge in [-0.2, -0.15) is 0 Å². The third-order valence-corrected chi connectivity index (χ3v) is 5.05. The first kappa shape index (κ1) is 22.5. The van der Waals surface area contributed by atoms with Crippen molar-refractivity contribution in [3.63, 3.8) is 0 Å². The van der Waals surface area contributed by atoms with Crippen LogP contribution in [0.5, 0.6) is 5.75 Å². The highest BCUT2D eigenvalue weighted by Gasteiger charge is 2.27. The Labute approximate surface area is 192 Å². The number of aromatic nitrogens is 2. The number of hydrogen-bond donors (Lipinski definition) is 1. The number of anilines is 3. The molecule has 0 unspecified atom stereocenters. The normalized spacial score (nSPS) is 12.7. The lowest BCUT2D eigenvalue weighted by molar-refractivity contribution is 0.0589. The Bertz CT molecular complexity index is 1190. The lowest BCUT2D eigenvalue weighted by atomic mass is 10.0. The molecule has 0 spiro atoms. The third kappa shape index (κ3) is 4.89. The van der Waals surface area contributed by atoms with Gasteiger partial charge in [-0.1, -0.05) is 30.3 Å². The minimum atomic E-state index is -0.623. The summed E-state index contributed by atoms with van der Waals surface area (Å²) in [5.74, 6) is 0.380. The molecule has 0 fully saturated rings. The van der Waals surface area contributed by atoms with Crippen LogP contribution in [0, 0.1) is 12.7 Å². The van der Waals surface area contributed by atoms with Gasteiger partial charge in [0.25, 0.3) is 0 Å². The van der Waals surface area contributed by atoms with Crippen molar-refractivity contribution >= 4 is 23.4 Å². The van der Waals surface area contributed by atoms with Gasteiger partial charge in [-0.3, -0.25) is 4.90 Å². The number of pyridine rings is 2. The zero-order chi connectivity index (χ0) is 23.8. The predicted molar refractivity (Wildman–Crippen MR) is 126 cm³/mol. The van der Waals surface area contributed by atoms with E-state index in [1.807, 2.05) is 30.3 Å². The van der Waals surface area contributed by atoms with Gasteiger partial charge >= 0.3 is 6.09 Å². The van der Waals surface area contributed by atoms with E-state index in [1.165, 1.54) is 4.90 Å². The molecule has 0 saturated heterocycles. The number of hydrogen-bond acceptors (Lipinski definition) is 6. The number of carbonyl (C=O) groups excluding carboxylic acids is 1. The van der Waals surface area contributed by atoms with Gasteiger partial charge in [0.2, 0.25) is 0 Å². The number of nitrogens with one attached hydrogen (secondary N) is 1. The second kappa shape index (κ2) is 8.69. The Morgan fingerprint density at radius 1 is 1.18 bits per heavy atom. The zero-order valence-electron chi connectivity index (χ0n) is 19.4. The average molecular weight is 451 g/mol. The highest BCUT2D eigenvalue weighted by Crippen LogP contribution is 2.41. The average Bonchev–Trinajstić information content (AvgIpc) is 3.20. The first-order valence-electron chi connectivity index (χ1n) is 10.8. The largest absolute Gasteiger partial charge is 0.490 e. The van der Waals surface area contributed by atoms with E-state index in [2.05, 4.69) is 15.3 Å². The first-order valence-corrected chi connectivity index (χ1v) is 10.8. The van der Waals surface area contributed by atoms with Crippen molar-refractivity contribution in [2.45, 2.75) is 39.7 Å². The number of fused-ring (bicyclic) bond motifs is 1. The van der Waals surface area contributed by atoms with Gasteiger partial charge in [-0.05, 0) is 39.3 Å². The number of ether oxygens (including phenoxy) is 2. The molecule has 33 heavy (non-hydrogen) atoms. The first-order chi connectivity index (χ1) is 15.6. The maximum Gasteiger partial charge on any atom is 0.414 e. The predicted octanol–water partition coefficient (Wildman–Crippen LogP) is 5.64. The van der Waals surface area contributed by atoms with Crippen LogP contribution in [0.2, 0.25) is 0 Å². The van der Waals surface area contributed by atoms with Crippen LogP contribution in [0.15, 0.2) is 42.5 Å². The van der Waals surface area contributed by atoms with E-state index in [1.54, 1.807) is 46.9 Å². The standard InChI is InChI=1S/C25H27FN4O3/c1-15-13-17(30(5)24(31)33-25(2,3)4)14-19(27-15)29-23-21(26)20(16-9-7-6-8-10-16)22-18(28-23)11-12-32-22/h6-10,13-14H,11-12H2,1-5H3,(H,27,28,29). The molecule has 1 N–H and O–H groups in total. The van der Waals surface area contributed by atoms with Gasteiger partial charge in [-0.15, -0.1) is 0 Å². The molecule has 0 atom stereocenters. The summed E-state index contributed by atoms with van der Waals surface area (Å²) < 4.78 is 26.8. The van der Waals surface area contributed by atoms with Crippen molar-refractivity contribution in [2.24, 2.45) is 0 Å². The van der Waals surface area contributed by atoms with Crippen LogP contribution in [0.1, 0.15) is 32.2 Å². The van der Waals surface area contributed by atoms with Crippen LogP contribution in [0.25, 0.3) is 11.1 Å². The van der Waals surface area contributed by atoms with Gasteiger partial charge in [-0.25, -0.2) is 19.2 Å². The third-order valence-electron chi connectivity index (χ3n) is 5.05. The molecule has 0 radical (unpaired) electrons. The quantitative estimate of drug-likeness (QED) is 0.554. The van der Waals surface area contributed by atoms with Crippen LogP contribution in [0.4, 0.5) is 26.5 Å². The Balaban J connectivity index is 1.70. The molecule has 172 valence electrons. The SMILES string of the molecule is Cc1cc(N(C)C(=O)OC(C)(C)C)cc(Nc2nc3c(c(-c4ccccc4)c2F)OCC3)n1. The molecular weight excluding hydrogens is 423 g/mol. The zero-order valence-corrected chi connectivity index (χ0v) is 19.4. The van der Waals surface area contributed by atoms with E-state index in [9.17, 15) is 4.79 Å². The van der Waals surface area contributed by atoms with Gasteiger partial charge in [0.05, 0.1) is 23.6 Å². The summed E-state index contributed by atoms with van der Waals surface area (Å²) in [6.07, 6.45) is 0.0993. The van der Waals surface area contributed by atoms with Gasteiger partial charge in [0.1, 0.15) is 11.4 Å². The second-order valence-electron chi connectivity index (χ2n) is 8.91. The Morgan fingerprint density at radius 3 is 2.61 bits per heavy atom. The Kier molecular flexibility index (Phi) is 5.93. The molecule has 1 aliphatic heterocycles. The maximum absolute atomic E-state index is 15.7. The smallest absolute Gasteiger partial charge is 0.414 e. The van der Waals surface area contributed by atoms with Crippen LogP contribution in [-0.4, -0.2) is 35.3 Å². The van der Waals surface area contributed by atoms with Crippen LogP contribution in [-0.2, 0) is 11.2 Å². The van der Waals surface area contributed by atoms with Crippen molar-refractivity contribution in [3.8, 4) is 16.9 Å². The summed E-state index contributed by atoms with van der Waals surface area (Å²) in [6, 6.07) is 12.7. The lowest BCUT2D eigenvalue weighted by Gasteiger charge is -2.25. The maximum atomic E-state index is 15.7. The molecule has 1 amide bonds. The van der Waals surface area contributed by atoms with Gasteiger partial charge in [0.15, 0.2) is 17.4 Å². The fraction of sp³-hybridized carbons (Fsp3) is 0.320. The van der Waals surface area contributed by atoms with E-state index in [4.69, 9.17) is 9.47 Å². The number of nitrogens with zero attached hydrogens (tertiary/aromatic N) is 3. The van der Waals surface area contributed by atoms with E-state index in [0.717, 1.165) is 0 Å². The lowest BCUT2D eigenvalue weighted by Crippen LogP contribution is -2.34. The number of rotatable bonds is 4. The molecule has 0 bridgehead atoms. The Morgan fingerprint density at radius 2 is 1.91 bits per heavy atom. The molecule has 1 aliphatic rings. The molecule has 2 aromatic heterocycles. The fourth-order valence-electron chi connectivity index (χ4n) is 3.58. The van der Waals surface area contributed by atoms with Crippen LogP contribution >= 0.6 is 0 Å². The van der Waals surface area contributed by atoms with Crippen molar-refractivity contribution in [1.29, 1.82) is 0 Å². The highest BCUT2D eigenvalue weighted by atomic mass is 19.1. The molecule has 7 nitrogen and oxygen atoms in total. The second-order valence-corrected chi connectivity index (χ2v) is 8.91. The minimum Gasteiger partial charge on any atom is -0.490 e. The van der Waals surface area contributed by atoms with E-state index in [-0.39, 0.29) is 5.82 Å². The van der Waals surface area contributed by atoms with E-state index < -0.39 is 17.5 Å². The van der Waals surface area contributed by atoms with Crippen molar-refractivity contribution in [3.05, 3.63) is 59.7 Å². The molecule has 3 heterocycles.